The molecule has 72 valence electrons. The van der Waals surface area contributed by atoms with Crippen molar-refractivity contribution >= 4 is 0 Å². The Hall–Kier alpha value is -0.830. The molecule has 0 bridgehead atoms. The molecule has 1 aliphatic heterocycles. The van der Waals surface area contributed by atoms with E-state index >= 15 is 0 Å². The summed E-state index contributed by atoms with van der Waals surface area (Å²) in [5.74, 6) is 1.89. The first-order valence-corrected chi connectivity index (χ1v) is 5.13. The van der Waals surface area contributed by atoms with Gasteiger partial charge in [0.2, 0.25) is 0 Å². The molecule has 1 fully saturated rings. The van der Waals surface area contributed by atoms with Crippen LogP contribution in [0.3, 0.4) is 0 Å². The summed E-state index contributed by atoms with van der Waals surface area (Å²) in [5, 5.41) is 3.42. The minimum absolute atomic E-state index is 0.628. The Morgan fingerprint density at radius 3 is 3.31 bits per heavy atom. The molecule has 1 aliphatic rings. The molecule has 0 saturated carbocycles. The van der Waals surface area contributed by atoms with Crippen LogP contribution in [0.15, 0.2) is 12.4 Å². The number of aromatic nitrogens is 2. The van der Waals surface area contributed by atoms with Crippen LogP contribution in [0.2, 0.25) is 0 Å². The SMILES string of the molecule is CCn1ccnc1[C@@H]1CCCNC1. The summed E-state index contributed by atoms with van der Waals surface area (Å²) in [4.78, 5) is 4.43. The number of hydrogen-bond donors (Lipinski definition) is 1. The zero-order valence-electron chi connectivity index (χ0n) is 8.16. The minimum atomic E-state index is 0.628. The Kier molecular flexibility index (Phi) is 2.64. The van der Waals surface area contributed by atoms with Gasteiger partial charge in [0.1, 0.15) is 5.82 Å². The lowest BCUT2D eigenvalue weighted by molar-refractivity contribution is 0.434. The first-order chi connectivity index (χ1) is 6.42. The second-order valence-corrected chi connectivity index (χ2v) is 3.61. The lowest BCUT2D eigenvalue weighted by atomic mass is 9.99. The maximum Gasteiger partial charge on any atom is 0.113 e. The fourth-order valence-corrected chi connectivity index (χ4v) is 2.02. The van der Waals surface area contributed by atoms with Gasteiger partial charge < -0.3 is 9.88 Å². The fourth-order valence-electron chi connectivity index (χ4n) is 2.02. The van der Waals surface area contributed by atoms with Gasteiger partial charge in [0.15, 0.2) is 0 Å². The second-order valence-electron chi connectivity index (χ2n) is 3.61. The zero-order chi connectivity index (χ0) is 9.10. The zero-order valence-corrected chi connectivity index (χ0v) is 8.16. The van der Waals surface area contributed by atoms with E-state index in [4.69, 9.17) is 0 Å². The summed E-state index contributed by atoms with van der Waals surface area (Å²) in [6, 6.07) is 0. The molecule has 1 N–H and O–H groups in total. The largest absolute Gasteiger partial charge is 0.335 e. The van der Waals surface area contributed by atoms with Gasteiger partial charge in [-0.05, 0) is 26.3 Å². The van der Waals surface area contributed by atoms with Crippen molar-refractivity contribution in [2.45, 2.75) is 32.2 Å². The Morgan fingerprint density at radius 1 is 1.69 bits per heavy atom. The van der Waals surface area contributed by atoms with Crippen molar-refractivity contribution in [2.75, 3.05) is 13.1 Å². The molecule has 3 heteroatoms. The number of hydrogen-bond acceptors (Lipinski definition) is 2. The molecule has 0 amide bonds. The van der Waals surface area contributed by atoms with Crippen molar-refractivity contribution in [3.05, 3.63) is 18.2 Å². The quantitative estimate of drug-likeness (QED) is 0.743. The third kappa shape index (κ3) is 1.75. The van der Waals surface area contributed by atoms with Gasteiger partial charge in [-0.1, -0.05) is 0 Å². The second kappa shape index (κ2) is 3.92. The highest BCUT2D eigenvalue weighted by molar-refractivity contribution is 5.02. The number of nitrogens with zero attached hydrogens (tertiary/aromatic N) is 2. The summed E-state index contributed by atoms with van der Waals surface area (Å²) in [6.45, 7) is 5.47. The average Bonchev–Trinajstić information content (AvgIpc) is 2.67. The normalized spacial score (nSPS) is 23.3. The average molecular weight is 179 g/mol. The van der Waals surface area contributed by atoms with Gasteiger partial charge in [0.25, 0.3) is 0 Å². The standard InChI is InChI=1S/C10H17N3/c1-2-13-7-6-12-10(13)9-4-3-5-11-8-9/h6-7,9,11H,2-5,8H2,1H3/t9-/m1/s1. The number of rotatable bonds is 2. The molecule has 0 unspecified atom stereocenters. The maximum atomic E-state index is 4.43. The van der Waals surface area contributed by atoms with Crippen LogP contribution in [0.5, 0.6) is 0 Å². The van der Waals surface area contributed by atoms with Crippen molar-refractivity contribution in [1.82, 2.24) is 14.9 Å². The Labute approximate surface area is 79.2 Å². The van der Waals surface area contributed by atoms with Gasteiger partial charge in [-0.2, -0.15) is 0 Å². The van der Waals surface area contributed by atoms with Gasteiger partial charge in [0.05, 0.1) is 0 Å². The van der Waals surface area contributed by atoms with Gasteiger partial charge in [-0.15, -0.1) is 0 Å². The number of imidazole rings is 1. The van der Waals surface area contributed by atoms with Crippen LogP contribution in [-0.2, 0) is 6.54 Å². The molecular formula is C10H17N3. The van der Waals surface area contributed by atoms with Crippen LogP contribution < -0.4 is 5.32 Å². The molecule has 13 heavy (non-hydrogen) atoms. The van der Waals surface area contributed by atoms with Gasteiger partial charge in [-0.3, -0.25) is 0 Å². The van der Waals surface area contributed by atoms with E-state index < -0.39 is 0 Å². The van der Waals surface area contributed by atoms with E-state index in [0.29, 0.717) is 5.92 Å². The summed E-state index contributed by atoms with van der Waals surface area (Å²) in [5.41, 5.74) is 0. The Bertz CT molecular complexity index is 261. The van der Waals surface area contributed by atoms with Crippen molar-refractivity contribution in [2.24, 2.45) is 0 Å². The first-order valence-electron chi connectivity index (χ1n) is 5.13. The van der Waals surface area contributed by atoms with Crippen molar-refractivity contribution < 1.29 is 0 Å². The molecule has 1 atom stereocenters. The van der Waals surface area contributed by atoms with Crippen molar-refractivity contribution in [1.29, 1.82) is 0 Å². The molecule has 0 aromatic carbocycles. The van der Waals surface area contributed by atoms with Crippen LogP contribution in [0.1, 0.15) is 31.5 Å². The highest BCUT2D eigenvalue weighted by Crippen LogP contribution is 2.21. The van der Waals surface area contributed by atoms with Gasteiger partial charge >= 0.3 is 0 Å². The topological polar surface area (TPSA) is 29.9 Å². The smallest absolute Gasteiger partial charge is 0.113 e. The molecule has 0 aliphatic carbocycles. The van der Waals surface area contributed by atoms with E-state index in [1.54, 1.807) is 0 Å². The number of aryl methyl sites for hydroxylation is 1. The maximum absolute atomic E-state index is 4.43. The lowest BCUT2D eigenvalue weighted by Gasteiger charge is -2.22. The summed E-state index contributed by atoms with van der Waals surface area (Å²) >= 11 is 0. The van der Waals surface area contributed by atoms with Crippen LogP contribution in [0.4, 0.5) is 0 Å². The van der Waals surface area contributed by atoms with E-state index in [1.807, 2.05) is 6.20 Å². The predicted molar refractivity (Wildman–Crippen MR) is 52.7 cm³/mol. The van der Waals surface area contributed by atoms with Crippen LogP contribution in [0, 0.1) is 0 Å². The van der Waals surface area contributed by atoms with Crippen molar-refractivity contribution in [3.63, 3.8) is 0 Å². The molecule has 2 heterocycles. The molecule has 1 saturated heterocycles. The fraction of sp³-hybridized carbons (Fsp3) is 0.700. The van der Waals surface area contributed by atoms with Crippen LogP contribution >= 0.6 is 0 Å². The third-order valence-corrected chi connectivity index (χ3v) is 2.75. The van der Waals surface area contributed by atoms with E-state index in [9.17, 15) is 0 Å². The summed E-state index contributed by atoms with van der Waals surface area (Å²) in [6.07, 6.45) is 6.54. The number of piperidine rings is 1. The Morgan fingerprint density at radius 2 is 2.62 bits per heavy atom. The van der Waals surface area contributed by atoms with E-state index in [1.165, 1.54) is 25.2 Å². The highest BCUT2D eigenvalue weighted by Gasteiger charge is 2.18. The summed E-state index contributed by atoms with van der Waals surface area (Å²) < 4.78 is 2.25. The van der Waals surface area contributed by atoms with E-state index in [0.717, 1.165) is 13.1 Å². The van der Waals surface area contributed by atoms with Crippen LogP contribution in [-0.4, -0.2) is 22.6 Å². The molecule has 1 aromatic heterocycles. The predicted octanol–water partition coefficient (Wildman–Crippen LogP) is 1.37. The number of nitrogens with one attached hydrogen (secondary N) is 1. The van der Waals surface area contributed by atoms with Crippen molar-refractivity contribution in [3.8, 4) is 0 Å². The highest BCUT2D eigenvalue weighted by atomic mass is 15.1. The molecule has 1 aromatic rings. The third-order valence-electron chi connectivity index (χ3n) is 2.75. The van der Waals surface area contributed by atoms with E-state index in [2.05, 4.69) is 28.0 Å². The molecule has 0 spiro atoms. The molecule has 2 rings (SSSR count). The molecule has 0 radical (unpaired) electrons. The monoisotopic (exact) mass is 179 g/mol. The first kappa shape index (κ1) is 8.75. The minimum Gasteiger partial charge on any atom is -0.335 e. The van der Waals surface area contributed by atoms with Gasteiger partial charge in [0, 0.05) is 31.4 Å². The van der Waals surface area contributed by atoms with Gasteiger partial charge in [-0.25, -0.2) is 4.98 Å². The Balaban J connectivity index is 2.13. The van der Waals surface area contributed by atoms with E-state index in [-0.39, 0.29) is 0 Å². The summed E-state index contributed by atoms with van der Waals surface area (Å²) in [7, 11) is 0. The van der Waals surface area contributed by atoms with Crippen LogP contribution in [0.25, 0.3) is 0 Å². The molecular weight excluding hydrogens is 162 g/mol. The lowest BCUT2D eigenvalue weighted by Crippen LogP contribution is -2.29. The molecule has 3 nitrogen and oxygen atoms in total.